The zero-order chi connectivity index (χ0) is 12.8. The van der Waals surface area contributed by atoms with Gasteiger partial charge in [0.05, 0.1) is 6.04 Å². The molecule has 0 aromatic heterocycles. The van der Waals surface area contributed by atoms with Crippen LogP contribution in [-0.4, -0.2) is 23.1 Å². The number of benzene rings is 1. The maximum absolute atomic E-state index is 11.6. The van der Waals surface area contributed by atoms with Gasteiger partial charge in [-0.3, -0.25) is 4.79 Å². The topological polar surface area (TPSA) is 61.4 Å². The molecule has 1 aromatic rings. The third-order valence-corrected chi connectivity index (χ3v) is 2.41. The standard InChI is InChI=1S/C13H20N2O2/c1-9(2)15-13(17)10(3)14-8-11-6-4-5-7-12(11)16/h4-7,9-10,14,16H,8H2,1-3H3,(H,15,17). The first-order valence-electron chi connectivity index (χ1n) is 5.81. The Balaban J connectivity index is 2.46. The Morgan fingerprint density at radius 2 is 1.94 bits per heavy atom. The Morgan fingerprint density at radius 1 is 1.29 bits per heavy atom. The molecule has 1 amide bonds. The number of aromatic hydroxyl groups is 1. The predicted molar refractivity (Wildman–Crippen MR) is 67.7 cm³/mol. The van der Waals surface area contributed by atoms with Crippen molar-refractivity contribution in [2.45, 2.75) is 39.4 Å². The van der Waals surface area contributed by atoms with Gasteiger partial charge in [0.2, 0.25) is 5.91 Å². The average molecular weight is 236 g/mol. The molecule has 0 aliphatic carbocycles. The maximum Gasteiger partial charge on any atom is 0.237 e. The highest BCUT2D eigenvalue weighted by Crippen LogP contribution is 2.14. The van der Waals surface area contributed by atoms with Crippen LogP contribution in [0.1, 0.15) is 26.3 Å². The zero-order valence-corrected chi connectivity index (χ0v) is 10.5. The second-order valence-corrected chi connectivity index (χ2v) is 4.39. The SMILES string of the molecule is CC(C)NC(=O)C(C)NCc1ccccc1O. The molecule has 4 nitrogen and oxygen atoms in total. The first-order chi connectivity index (χ1) is 8.00. The molecule has 0 spiro atoms. The molecule has 0 fully saturated rings. The van der Waals surface area contributed by atoms with Crippen LogP contribution in [0.2, 0.25) is 0 Å². The summed E-state index contributed by atoms with van der Waals surface area (Å²) in [5.41, 5.74) is 0.789. The molecular weight excluding hydrogens is 216 g/mol. The first-order valence-corrected chi connectivity index (χ1v) is 5.81. The second kappa shape index (κ2) is 6.25. The van der Waals surface area contributed by atoms with Crippen molar-refractivity contribution in [3.63, 3.8) is 0 Å². The fraction of sp³-hybridized carbons (Fsp3) is 0.462. The van der Waals surface area contributed by atoms with Crippen molar-refractivity contribution in [2.24, 2.45) is 0 Å². The zero-order valence-electron chi connectivity index (χ0n) is 10.5. The molecule has 0 radical (unpaired) electrons. The van der Waals surface area contributed by atoms with Crippen LogP contribution in [0, 0.1) is 0 Å². The van der Waals surface area contributed by atoms with Crippen LogP contribution in [0.3, 0.4) is 0 Å². The number of carbonyl (C=O) groups is 1. The Kier molecular flexibility index (Phi) is 4.97. The number of hydrogen-bond acceptors (Lipinski definition) is 3. The van der Waals surface area contributed by atoms with Crippen molar-refractivity contribution in [3.8, 4) is 5.75 Å². The lowest BCUT2D eigenvalue weighted by Gasteiger charge is -2.16. The summed E-state index contributed by atoms with van der Waals surface area (Å²) >= 11 is 0. The molecule has 0 bridgehead atoms. The van der Waals surface area contributed by atoms with Crippen molar-refractivity contribution in [1.29, 1.82) is 0 Å². The molecule has 4 heteroatoms. The Labute approximate surface area is 102 Å². The lowest BCUT2D eigenvalue weighted by Crippen LogP contribution is -2.44. The minimum Gasteiger partial charge on any atom is -0.508 e. The minimum absolute atomic E-state index is 0.0320. The van der Waals surface area contributed by atoms with E-state index in [4.69, 9.17) is 0 Å². The highest BCUT2D eigenvalue weighted by molar-refractivity contribution is 5.81. The Hall–Kier alpha value is -1.55. The number of rotatable bonds is 5. The van der Waals surface area contributed by atoms with Crippen molar-refractivity contribution < 1.29 is 9.90 Å². The van der Waals surface area contributed by atoms with Crippen LogP contribution < -0.4 is 10.6 Å². The summed E-state index contributed by atoms with van der Waals surface area (Å²) in [6.07, 6.45) is 0. The largest absolute Gasteiger partial charge is 0.508 e. The Bertz CT molecular complexity index is 377. The number of hydrogen-bond donors (Lipinski definition) is 3. The third kappa shape index (κ3) is 4.44. The smallest absolute Gasteiger partial charge is 0.237 e. The molecule has 94 valence electrons. The van der Waals surface area contributed by atoms with Gasteiger partial charge in [-0.2, -0.15) is 0 Å². The van der Waals surface area contributed by atoms with E-state index in [1.807, 2.05) is 26.0 Å². The summed E-state index contributed by atoms with van der Waals surface area (Å²) < 4.78 is 0. The molecule has 0 saturated heterocycles. The van der Waals surface area contributed by atoms with E-state index in [0.29, 0.717) is 6.54 Å². The lowest BCUT2D eigenvalue weighted by atomic mass is 10.2. The van der Waals surface area contributed by atoms with Gasteiger partial charge in [-0.1, -0.05) is 18.2 Å². The highest BCUT2D eigenvalue weighted by Gasteiger charge is 2.13. The van der Waals surface area contributed by atoms with Crippen molar-refractivity contribution in [2.75, 3.05) is 0 Å². The highest BCUT2D eigenvalue weighted by atomic mass is 16.3. The molecule has 1 aromatic carbocycles. The van der Waals surface area contributed by atoms with Crippen molar-refractivity contribution in [3.05, 3.63) is 29.8 Å². The van der Waals surface area contributed by atoms with Gasteiger partial charge in [-0.25, -0.2) is 0 Å². The van der Waals surface area contributed by atoms with Crippen LogP contribution in [0.25, 0.3) is 0 Å². The predicted octanol–water partition coefficient (Wildman–Crippen LogP) is 1.39. The molecule has 17 heavy (non-hydrogen) atoms. The monoisotopic (exact) mass is 236 g/mol. The van der Waals surface area contributed by atoms with E-state index in [1.165, 1.54) is 0 Å². The summed E-state index contributed by atoms with van der Waals surface area (Å²) in [5.74, 6) is 0.215. The van der Waals surface area contributed by atoms with Crippen LogP contribution >= 0.6 is 0 Å². The molecule has 0 aliphatic rings. The van der Waals surface area contributed by atoms with E-state index in [1.54, 1.807) is 19.1 Å². The van der Waals surface area contributed by atoms with Crippen LogP contribution in [0.15, 0.2) is 24.3 Å². The van der Waals surface area contributed by atoms with Crippen LogP contribution in [-0.2, 0) is 11.3 Å². The van der Waals surface area contributed by atoms with Crippen LogP contribution in [0.4, 0.5) is 0 Å². The van der Waals surface area contributed by atoms with Gasteiger partial charge >= 0.3 is 0 Å². The van der Waals surface area contributed by atoms with E-state index in [2.05, 4.69) is 10.6 Å². The van der Waals surface area contributed by atoms with Gasteiger partial charge in [-0.15, -0.1) is 0 Å². The molecule has 0 heterocycles. The molecule has 0 saturated carbocycles. The number of nitrogens with one attached hydrogen (secondary N) is 2. The first kappa shape index (κ1) is 13.5. The minimum atomic E-state index is -0.281. The normalized spacial score (nSPS) is 12.5. The quantitative estimate of drug-likeness (QED) is 0.724. The molecule has 1 unspecified atom stereocenters. The van der Waals surface area contributed by atoms with Gasteiger partial charge in [0.15, 0.2) is 0 Å². The summed E-state index contributed by atoms with van der Waals surface area (Å²) in [6.45, 7) is 6.12. The van der Waals surface area contributed by atoms with E-state index in [-0.39, 0.29) is 23.7 Å². The molecule has 1 atom stereocenters. The molecular formula is C13H20N2O2. The summed E-state index contributed by atoms with van der Waals surface area (Å²) in [7, 11) is 0. The fourth-order valence-electron chi connectivity index (χ4n) is 1.43. The number of phenols is 1. The van der Waals surface area contributed by atoms with Gasteiger partial charge in [0.1, 0.15) is 5.75 Å². The average Bonchev–Trinajstić information content (AvgIpc) is 2.26. The summed E-state index contributed by atoms with van der Waals surface area (Å²) in [5, 5.41) is 15.5. The van der Waals surface area contributed by atoms with Crippen LogP contribution in [0.5, 0.6) is 5.75 Å². The van der Waals surface area contributed by atoms with Gasteiger partial charge in [-0.05, 0) is 26.8 Å². The molecule has 0 aliphatic heterocycles. The Morgan fingerprint density at radius 3 is 2.53 bits per heavy atom. The molecule has 3 N–H and O–H groups in total. The molecule has 1 rings (SSSR count). The number of phenolic OH excluding ortho intramolecular Hbond substituents is 1. The van der Waals surface area contributed by atoms with E-state index >= 15 is 0 Å². The van der Waals surface area contributed by atoms with Crippen molar-refractivity contribution >= 4 is 5.91 Å². The second-order valence-electron chi connectivity index (χ2n) is 4.39. The summed E-state index contributed by atoms with van der Waals surface area (Å²) in [6, 6.07) is 6.95. The fourth-order valence-corrected chi connectivity index (χ4v) is 1.43. The van der Waals surface area contributed by atoms with Gasteiger partial charge < -0.3 is 15.7 Å². The third-order valence-electron chi connectivity index (χ3n) is 2.41. The van der Waals surface area contributed by atoms with Gasteiger partial charge in [0, 0.05) is 18.2 Å². The van der Waals surface area contributed by atoms with Crippen molar-refractivity contribution in [1.82, 2.24) is 10.6 Å². The number of amides is 1. The van der Waals surface area contributed by atoms with E-state index in [0.717, 1.165) is 5.56 Å². The maximum atomic E-state index is 11.6. The van der Waals surface area contributed by atoms with E-state index < -0.39 is 0 Å². The number of carbonyl (C=O) groups excluding carboxylic acids is 1. The summed E-state index contributed by atoms with van der Waals surface area (Å²) in [4.78, 5) is 11.6. The lowest BCUT2D eigenvalue weighted by molar-refractivity contribution is -0.123. The van der Waals surface area contributed by atoms with E-state index in [9.17, 15) is 9.90 Å². The van der Waals surface area contributed by atoms with Gasteiger partial charge in [0.25, 0.3) is 0 Å². The number of para-hydroxylation sites is 1.